The van der Waals surface area contributed by atoms with E-state index in [4.69, 9.17) is 22.7 Å². The third kappa shape index (κ3) is 3.62. The monoisotopic (exact) mass is 283 g/mol. The van der Waals surface area contributed by atoms with Crippen LogP contribution >= 0.6 is 12.2 Å². The Balaban J connectivity index is 2.03. The molecule has 6 heteroatoms. The summed E-state index contributed by atoms with van der Waals surface area (Å²) in [6, 6.07) is 4.75. The van der Waals surface area contributed by atoms with Crippen LogP contribution in [0.2, 0.25) is 0 Å². The molecule has 1 aromatic carbocycles. The predicted octanol–water partition coefficient (Wildman–Crippen LogP) is 1.20. The summed E-state index contributed by atoms with van der Waals surface area (Å²) in [7, 11) is 2.05. The van der Waals surface area contributed by atoms with Gasteiger partial charge in [0, 0.05) is 25.3 Å². The Bertz CT molecular complexity index is 469. The van der Waals surface area contributed by atoms with Crippen LogP contribution in [0, 0.1) is 5.82 Å². The number of nitrogens with one attached hydrogen (secondary N) is 1. The van der Waals surface area contributed by atoms with Crippen molar-refractivity contribution in [3.63, 3.8) is 0 Å². The van der Waals surface area contributed by atoms with Crippen molar-refractivity contribution >= 4 is 22.9 Å². The molecule has 19 heavy (non-hydrogen) atoms. The number of likely N-dealkylation sites (N-methyl/N-ethyl adjacent to an activating group) is 1. The standard InChI is InChI=1S/C13H18FN3OS/c1-17-5-6-18-9(8-17)7-16-11-4-2-3-10(14)12(11)13(15)19/h2-4,9,16H,5-8H2,1H3,(H2,15,19). The maximum absolute atomic E-state index is 13.7. The van der Waals surface area contributed by atoms with Crippen LogP contribution < -0.4 is 11.1 Å². The number of nitrogens with zero attached hydrogens (tertiary/aromatic N) is 1. The molecular weight excluding hydrogens is 265 g/mol. The van der Waals surface area contributed by atoms with E-state index < -0.39 is 5.82 Å². The molecule has 0 aliphatic carbocycles. The number of hydrogen-bond donors (Lipinski definition) is 2. The van der Waals surface area contributed by atoms with E-state index in [9.17, 15) is 4.39 Å². The van der Waals surface area contributed by atoms with Crippen molar-refractivity contribution in [2.75, 3.05) is 38.6 Å². The van der Waals surface area contributed by atoms with E-state index >= 15 is 0 Å². The van der Waals surface area contributed by atoms with Gasteiger partial charge in [-0.3, -0.25) is 0 Å². The van der Waals surface area contributed by atoms with Gasteiger partial charge in [0.1, 0.15) is 10.8 Å². The Morgan fingerprint density at radius 1 is 1.63 bits per heavy atom. The lowest BCUT2D eigenvalue weighted by molar-refractivity contribution is -0.0117. The number of rotatable bonds is 4. The quantitative estimate of drug-likeness (QED) is 0.813. The molecular formula is C13H18FN3OS. The molecule has 1 aliphatic rings. The highest BCUT2D eigenvalue weighted by molar-refractivity contribution is 7.80. The molecule has 0 spiro atoms. The van der Waals surface area contributed by atoms with Crippen molar-refractivity contribution < 1.29 is 9.13 Å². The number of nitrogens with two attached hydrogens (primary N) is 1. The van der Waals surface area contributed by atoms with Gasteiger partial charge in [-0.15, -0.1) is 0 Å². The Morgan fingerprint density at radius 3 is 3.11 bits per heavy atom. The maximum Gasteiger partial charge on any atom is 0.135 e. The summed E-state index contributed by atoms with van der Waals surface area (Å²) in [6.45, 7) is 3.11. The molecule has 0 aromatic heterocycles. The zero-order valence-electron chi connectivity index (χ0n) is 10.9. The smallest absolute Gasteiger partial charge is 0.135 e. The Labute approximate surface area is 117 Å². The highest BCUT2D eigenvalue weighted by Gasteiger charge is 2.18. The molecule has 1 fully saturated rings. The largest absolute Gasteiger partial charge is 0.389 e. The first kappa shape index (κ1) is 14.2. The third-order valence-electron chi connectivity index (χ3n) is 3.12. The Morgan fingerprint density at radius 2 is 2.42 bits per heavy atom. The highest BCUT2D eigenvalue weighted by Crippen LogP contribution is 2.19. The summed E-state index contributed by atoms with van der Waals surface area (Å²) in [6.07, 6.45) is 0.0845. The average Bonchev–Trinajstić information content (AvgIpc) is 2.36. The van der Waals surface area contributed by atoms with Crippen molar-refractivity contribution in [3.05, 3.63) is 29.6 Å². The van der Waals surface area contributed by atoms with Gasteiger partial charge < -0.3 is 20.7 Å². The van der Waals surface area contributed by atoms with Crippen LogP contribution in [-0.4, -0.2) is 49.3 Å². The molecule has 1 unspecified atom stereocenters. The first-order chi connectivity index (χ1) is 9.08. The van der Waals surface area contributed by atoms with E-state index in [0.29, 0.717) is 18.8 Å². The topological polar surface area (TPSA) is 50.5 Å². The van der Waals surface area contributed by atoms with Crippen LogP contribution in [0.15, 0.2) is 18.2 Å². The number of anilines is 1. The molecule has 1 aromatic rings. The van der Waals surface area contributed by atoms with Gasteiger partial charge in [-0.05, 0) is 19.2 Å². The summed E-state index contributed by atoms with van der Waals surface area (Å²) >= 11 is 4.88. The lowest BCUT2D eigenvalue weighted by atomic mass is 10.1. The van der Waals surface area contributed by atoms with E-state index in [0.717, 1.165) is 13.1 Å². The molecule has 1 atom stereocenters. The highest BCUT2D eigenvalue weighted by atomic mass is 32.1. The van der Waals surface area contributed by atoms with E-state index in [1.165, 1.54) is 6.07 Å². The number of thiocarbonyl (C=S) groups is 1. The minimum absolute atomic E-state index is 0.0577. The zero-order chi connectivity index (χ0) is 13.8. The average molecular weight is 283 g/mol. The molecule has 104 valence electrons. The normalized spacial score (nSPS) is 20.2. The van der Waals surface area contributed by atoms with Gasteiger partial charge in [-0.1, -0.05) is 18.3 Å². The van der Waals surface area contributed by atoms with Gasteiger partial charge in [0.05, 0.1) is 18.3 Å². The molecule has 0 radical (unpaired) electrons. The molecule has 1 saturated heterocycles. The van der Waals surface area contributed by atoms with Gasteiger partial charge in [0.2, 0.25) is 0 Å². The van der Waals surface area contributed by atoms with Gasteiger partial charge in [-0.25, -0.2) is 4.39 Å². The fraction of sp³-hybridized carbons (Fsp3) is 0.462. The van der Waals surface area contributed by atoms with Crippen LogP contribution in [-0.2, 0) is 4.74 Å². The lowest BCUT2D eigenvalue weighted by Crippen LogP contribution is -2.43. The SMILES string of the molecule is CN1CCOC(CNc2cccc(F)c2C(N)=S)C1. The van der Waals surface area contributed by atoms with Crippen molar-refractivity contribution in [1.29, 1.82) is 0 Å². The molecule has 0 bridgehead atoms. The number of hydrogen-bond acceptors (Lipinski definition) is 4. The van der Waals surface area contributed by atoms with Crippen LogP contribution in [0.3, 0.4) is 0 Å². The Hall–Kier alpha value is -1.24. The second kappa shape index (κ2) is 6.27. The molecule has 3 N–H and O–H groups in total. The van der Waals surface area contributed by atoms with E-state index in [1.54, 1.807) is 12.1 Å². The van der Waals surface area contributed by atoms with Crippen LogP contribution in [0.4, 0.5) is 10.1 Å². The number of benzene rings is 1. The van der Waals surface area contributed by atoms with Crippen LogP contribution in [0.25, 0.3) is 0 Å². The molecule has 0 saturated carbocycles. The summed E-state index contributed by atoms with van der Waals surface area (Å²) in [5.41, 5.74) is 6.44. The van der Waals surface area contributed by atoms with E-state index in [-0.39, 0.29) is 16.7 Å². The van der Waals surface area contributed by atoms with Gasteiger partial charge in [-0.2, -0.15) is 0 Å². The van der Waals surface area contributed by atoms with Gasteiger partial charge in [0.15, 0.2) is 0 Å². The van der Waals surface area contributed by atoms with Crippen molar-refractivity contribution in [3.8, 4) is 0 Å². The fourth-order valence-corrected chi connectivity index (χ4v) is 2.34. The van der Waals surface area contributed by atoms with Crippen molar-refractivity contribution in [2.45, 2.75) is 6.10 Å². The second-order valence-corrected chi connectivity index (χ2v) is 5.10. The number of halogens is 1. The van der Waals surface area contributed by atoms with Crippen molar-refractivity contribution in [1.82, 2.24) is 4.90 Å². The lowest BCUT2D eigenvalue weighted by Gasteiger charge is -2.30. The number of morpholine rings is 1. The van der Waals surface area contributed by atoms with Crippen LogP contribution in [0.1, 0.15) is 5.56 Å². The van der Waals surface area contributed by atoms with Gasteiger partial charge in [0.25, 0.3) is 0 Å². The summed E-state index contributed by atoms with van der Waals surface area (Å²) < 4.78 is 19.3. The van der Waals surface area contributed by atoms with Crippen molar-refractivity contribution in [2.24, 2.45) is 5.73 Å². The molecule has 2 rings (SSSR count). The Kier molecular flexibility index (Phi) is 4.68. The number of ether oxygens (including phenoxy) is 1. The second-order valence-electron chi connectivity index (χ2n) is 4.66. The van der Waals surface area contributed by atoms with Gasteiger partial charge >= 0.3 is 0 Å². The molecule has 1 heterocycles. The fourth-order valence-electron chi connectivity index (χ4n) is 2.14. The first-order valence-corrected chi connectivity index (χ1v) is 6.61. The van der Waals surface area contributed by atoms with Crippen LogP contribution in [0.5, 0.6) is 0 Å². The summed E-state index contributed by atoms with van der Waals surface area (Å²) in [5.74, 6) is -0.404. The summed E-state index contributed by atoms with van der Waals surface area (Å²) in [5, 5.41) is 3.17. The van der Waals surface area contributed by atoms with E-state index in [1.807, 2.05) is 0 Å². The molecule has 1 aliphatic heterocycles. The maximum atomic E-state index is 13.7. The molecule has 4 nitrogen and oxygen atoms in total. The first-order valence-electron chi connectivity index (χ1n) is 6.20. The minimum Gasteiger partial charge on any atom is -0.389 e. The molecule has 0 amide bonds. The van der Waals surface area contributed by atoms with E-state index in [2.05, 4.69) is 17.3 Å². The minimum atomic E-state index is -0.404. The predicted molar refractivity (Wildman–Crippen MR) is 78.0 cm³/mol. The summed E-state index contributed by atoms with van der Waals surface area (Å²) in [4.78, 5) is 2.26. The third-order valence-corrected chi connectivity index (χ3v) is 3.33. The zero-order valence-corrected chi connectivity index (χ0v) is 11.7.